The van der Waals surface area contributed by atoms with E-state index in [-0.39, 0.29) is 5.78 Å². The number of allylic oxidation sites excluding steroid dienone is 3. The smallest absolute Gasteiger partial charge is 0.205 e. The van der Waals surface area contributed by atoms with Crippen LogP contribution in [-0.2, 0) is 11.8 Å². The third-order valence-electron chi connectivity index (χ3n) is 4.34. The highest BCUT2D eigenvalue weighted by atomic mass is 16.1. The monoisotopic (exact) mass is 329 g/mol. The number of aromatic nitrogens is 2. The van der Waals surface area contributed by atoms with Crippen LogP contribution in [0, 0.1) is 0 Å². The van der Waals surface area contributed by atoms with Gasteiger partial charge in [-0.15, -0.1) is 0 Å². The van der Waals surface area contributed by atoms with E-state index in [0.717, 1.165) is 43.7 Å². The number of rotatable bonds is 4. The molecule has 24 heavy (non-hydrogen) atoms. The molecule has 1 aromatic rings. The van der Waals surface area contributed by atoms with Crippen LogP contribution in [0.15, 0.2) is 40.8 Å². The quantitative estimate of drug-likeness (QED) is 0.368. The first kappa shape index (κ1) is 18.0. The number of amidine groups is 1. The average molecular weight is 329 g/mol. The van der Waals surface area contributed by atoms with E-state index in [1.165, 1.54) is 0 Å². The largest absolute Gasteiger partial charge is 0.357 e. The van der Waals surface area contributed by atoms with Crippen molar-refractivity contribution in [1.29, 1.82) is 0 Å². The Morgan fingerprint density at radius 3 is 2.38 bits per heavy atom. The van der Waals surface area contributed by atoms with E-state index < -0.39 is 0 Å². The Hall–Kier alpha value is -2.37. The lowest BCUT2D eigenvalue weighted by Crippen LogP contribution is -2.48. The molecule has 0 radical (unpaired) electrons. The van der Waals surface area contributed by atoms with Gasteiger partial charge >= 0.3 is 0 Å². The van der Waals surface area contributed by atoms with E-state index in [4.69, 9.17) is 4.99 Å². The summed E-state index contributed by atoms with van der Waals surface area (Å²) in [7, 11) is 2.01. The average Bonchev–Trinajstić information content (AvgIpc) is 2.99. The molecule has 0 aliphatic carbocycles. The summed E-state index contributed by atoms with van der Waals surface area (Å²) in [5.74, 6) is 2.01. The summed E-state index contributed by atoms with van der Waals surface area (Å²) >= 11 is 0. The zero-order valence-electron chi connectivity index (χ0n) is 15.3. The molecule has 0 saturated carbocycles. The molecule has 0 amide bonds. The van der Waals surface area contributed by atoms with Crippen molar-refractivity contribution in [1.82, 2.24) is 14.5 Å². The van der Waals surface area contributed by atoms with Crippen LogP contribution < -0.4 is 4.90 Å². The molecule has 1 aliphatic heterocycles. The van der Waals surface area contributed by atoms with Gasteiger partial charge in [0, 0.05) is 51.2 Å². The van der Waals surface area contributed by atoms with Gasteiger partial charge in [-0.3, -0.25) is 4.79 Å². The molecule has 6 heteroatoms. The van der Waals surface area contributed by atoms with Gasteiger partial charge in [0.2, 0.25) is 5.95 Å². The highest BCUT2D eigenvalue weighted by molar-refractivity contribution is 5.94. The van der Waals surface area contributed by atoms with Gasteiger partial charge in [-0.05, 0) is 33.8 Å². The molecule has 130 valence electrons. The summed E-state index contributed by atoms with van der Waals surface area (Å²) in [6.45, 7) is 11.0. The molecule has 6 nitrogen and oxygen atoms in total. The van der Waals surface area contributed by atoms with Gasteiger partial charge < -0.3 is 14.4 Å². The van der Waals surface area contributed by atoms with Gasteiger partial charge in [0.25, 0.3) is 0 Å². The molecule has 0 spiro atoms. The van der Waals surface area contributed by atoms with Gasteiger partial charge in [0.05, 0.1) is 5.70 Å². The Morgan fingerprint density at radius 1 is 1.21 bits per heavy atom. The maximum atomic E-state index is 11.6. The molecule has 0 bridgehead atoms. The zero-order chi connectivity index (χ0) is 17.7. The third kappa shape index (κ3) is 4.13. The van der Waals surface area contributed by atoms with E-state index in [9.17, 15) is 4.79 Å². The van der Waals surface area contributed by atoms with Crippen molar-refractivity contribution in [3.63, 3.8) is 0 Å². The second-order valence-corrected chi connectivity index (χ2v) is 6.04. The molecular weight excluding hydrogens is 302 g/mol. The Bertz CT molecular complexity index is 675. The fourth-order valence-electron chi connectivity index (χ4n) is 2.72. The lowest BCUT2D eigenvalue weighted by molar-refractivity contribution is -0.113. The molecular formula is C18H27N5O. The highest BCUT2D eigenvalue weighted by Crippen LogP contribution is 2.15. The number of Topliss-reactive ketones (excluding diaryl/α,β-unsaturated/α-hetero) is 1. The van der Waals surface area contributed by atoms with Crippen molar-refractivity contribution < 1.29 is 4.79 Å². The molecule has 1 fully saturated rings. The number of nitrogens with zero attached hydrogens (tertiary/aromatic N) is 5. The topological polar surface area (TPSA) is 53.7 Å². The predicted octanol–water partition coefficient (Wildman–Crippen LogP) is 2.40. The van der Waals surface area contributed by atoms with Crippen molar-refractivity contribution in [2.45, 2.75) is 27.7 Å². The van der Waals surface area contributed by atoms with Crippen LogP contribution in [0.2, 0.25) is 0 Å². The number of anilines is 1. The lowest BCUT2D eigenvalue weighted by atomic mass is 10.1. The normalized spacial score (nSPS) is 17.5. The van der Waals surface area contributed by atoms with Crippen molar-refractivity contribution in [2.75, 3.05) is 31.1 Å². The Labute approximate surface area is 144 Å². The predicted molar refractivity (Wildman–Crippen MR) is 98.3 cm³/mol. The Balaban J connectivity index is 2.08. The summed E-state index contributed by atoms with van der Waals surface area (Å²) < 4.78 is 2.04. The first-order valence-electron chi connectivity index (χ1n) is 8.31. The van der Waals surface area contributed by atoms with E-state index in [1.807, 2.05) is 56.9 Å². The van der Waals surface area contributed by atoms with Gasteiger partial charge in [0.15, 0.2) is 5.78 Å². The summed E-state index contributed by atoms with van der Waals surface area (Å²) in [5.41, 5.74) is 1.44. The number of carbonyl (C=O) groups is 1. The van der Waals surface area contributed by atoms with Crippen LogP contribution in [0.25, 0.3) is 0 Å². The van der Waals surface area contributed by atoms with Crippen molar-refractivity contribution >= 4 is 17.6 Å². The number of carbonyl (C=O) groups excluding carboxylic acids is 1. The van der Waals surface area contributed by atoms with E-state index in [1.54, 1.807) is 6.92 Å². The number of aryl methyl sites for hydroxylation is 1. The number of aliphatic imine (C=N–C) groups is 1. The molecule has 0 N–H and O–H groups in total. The number of hydrogen-bond donors (Lipinski definition) is 0. The fraction of sp³-hybridized carbons (Fsp3) is 0.500. The standard InChI is InChI=1S/C18H27N5O/c1-6-7-17(14(2)15(3)24)20-16(4)22-10-12-23(13-11-22)18-19-8-9-21(18)5/h6-9H,10-13H2,1-5H3/b7-6-,17-14-,20-16?. The first-order valence-corrected chi connectivity index (χ1v) is 8.31. The minimum Gasteiger partial charge on any atom is -0.357 e. The Morgan fingerprint density at radius 2 is 1.88 bits per heavy atom. The van der Waals surface area contributed by atoms with Gasteiger partial charge in [-0.2, -0.15) is 0 Å². The maximum Gasteiger partial charge on any atom is 0.205 e. The number of piperazine rings is 1. The lowest BCUT2D eigenvalue weighted by Gasteiger charge is -2.36. The number of ketones is 1. The molecule has 1 saturated heterocycles. The molecule has 2 heterocycles. The summed E-state index contributed by atoms with van der Waals surface area (Å²) in [4.78, 5) is 25.3. The highest BCUT2D eigenvalue weighted by Gasteiger charge is 2.20. The van der Waals surface area contributed by atoms with Crippen LogP contribution in [0.1, 0.15) is 27.7 Å². The van der Waals surface area contributed by atoms with Crippen molar-refractivity contribution in [3.05, 3.63) is 35.8 Å². The second-order valence-electron chi connectivity index (χ2n) is 6.04. The third-order valence-corrected chi connectivity index (χ3v) is 4.34. The van der Waals surface area contributed by atoms with E-state index in [0.29, 0.717) is 5.57 Å². The van der Waals surface area contributed by atoms with Crippen LogP contribution in [-0.4, -0.2) is 52.2 Å². The van der Waals surface area contributed by atoms with E-state index in [2.05, 4.69) is 14.8 Å². The minimum absolute atomic E-state index is 0.0549. The summed E-state index contributed by atoms with van der Waals surface area (Å²) in [6.07, 6.45) is 7.60. The van der Waals surface area contributed by atoms with Crippen LogP contribution in [0.3, 0.4) is 0 Å². The molecule has 0 atom stereocenters. The second kappa shape index (κ2) is 7.95. The molecule has 0 aromatic carbocycles. The van der Waals surface area contributed by atoms with E-state index >= 15 is 0 Å². The van der Waals surface area contributed by atoms with Gasteiger partial charge in [0.1, 0.15) is 5.84 Å². The van der Waals surface area contributed by atoms with Gasteiger partial charge in [-0.25, -0.2) is 9.98 Å². The summed E-state index contributed by atoms with van der Waals surface area (Å²) in [5, 5.41) is 0. The maximum absolute atomic E-state index is 11.6. The fourth-order valence-corrected chi connectivity index (χ4v) is 2.72. The molecule has 1 aromatic heterocycles. The van der Waals surface area contributed by atoms with Crippen LogP contribution in [0.4, 0.5) is 5.95 Å². The number of hydrogen-bond acceptors (Lipinski definition) is 4. The van der Waals surface area contributed by atoms with Crippen LogP contribution in [0.5, 0.6) is 0 Å². The van der Waals surface area contributed by atoms with Crippen molar-refractivity contribution in [3.8, 4) is 0 Å². The SMILES string of the molecule is C/C=C\C(N=C(C)N1CCN(c2nccn2C)CC1)=C(/C)C(C)=O. The molecule has 0 unspecified atom stereocenters. The van der Waals surface area contributed by atoms with Crippen LogP contribution >= 0.6 is 0 Å². The van der Waals surface area contributed by atoms with Crippen molar-refractivity contribution in [2.24, 2.45) is 12.0 Å². The molecule has 2 rings (SSSR count). The number of imidazole rings is 1. The minimum atomic E-state index is 0.0549. The molecule has 1 aliphatic rings. The first-order chi connectivity index (χ1) is 11.4. The zero-order valence-corrected chi connectivity index (χ0v) is 15.3. The van der Waals surface area contributed by atoms with Gasteiger partial charge in [-0.1, -0.05) is 6.08 Å². The summed E-state index contributed by atoms with van der Waals surface area (Å²) in [6, 6.07) is 0. The Kier molecular flexibility index (Phi) is 5.95.